The fraction of sp³-hybridized carbons (Fsp3) is 0.444. The van der Waals surface area contributed by atoms with Crippen LogP contribution in [-0.4, -0.2) is 84.6 Å². The number of imide groups is 1. The lowest BCUT2D eigenvalue weighted by atomic mass is 10.2. The molecule has 1 aromatic carbocycles. The quantitative estimate of drug-likeness (QED) is 0.364. The van der Waals surface area contributed by atoms with E-state index in [9.17, 15) is 24.0 Å². The lowest BCUT2D eigenvalue weighted by Crippen LogP contribution is -2.43. The molecule has 0 bridgehead atoms. The predicted octanol–water partition coefficient (Wildman–Crippen LogP) is 3.68. The van der Waals surface area contributed by atoms with E-state index in [1.165, 1.54) is 29.2 Å². The van der Waals surface area contributed by atoms with Gasteiger partial charge in [-0.05, 0) is 50.1 Å². The van der Waals surface area contributed by atoms with Crippen LogP contribution in [0.25, 0.3) is 0 Å². The number of unbranched alkanes of at least 4 members (excludes halogenated alkanes) is 1. The molecule has 42 heavy (non-hydrogen) atoms. The van der Waals surface area contributed by atoms with E-state index in [0.717, 1.165) is 32.9 Å². The van der Waals surface area contributed by atoms with Crippen LogP contribution in [0.5, 0.6) is 0 Å². The Labute approximate surface area is 255 Å². The molecule has 226 valence electrons. The Morgan fingerprint density at radius 2 is 2.00 bits per heavy atom. The first-order chi connectivity index (χ1) is 20.0. The number of rotatable bonds is 11. The van der Waals surface area contributed by atoms with Crippen LogP contribution in [0.15, 0.2) is 30.3 Å². The summed E-state index contributed by atoms with van der Waals surface area (Å²) in [7, 11) is 0. The summed E-state index contributed by atoms with van der Waals surface area (Å²) in [4.78, 5) is 66.8. The summed E-state index contributed by atoms with van der Waals surface area (Å²) >= 11 is 8.11. The monoisotopic (exact) mass is 640 g/mol. The summed E-state index contributed by atoms with van der Waals surface area (Å²) in [5.74, 6) is -1.61. The van der Waals surface area contributed by atoms with Gasteiger partial charge < -0.3 is 20.1 Å². The summed E-state index contributed by atoms with van der Waals surface area (Å²) < 4.78 is 26.1. The lowest BCUT2D eigenvalue weighted by Gasteiger charge is -2.27. The number of halogens is 2. The number of thioether (sulfide) groups is 1. The van der Waals surface area contributed by atoms with Crippen molar-refractivity contribution in [3.05, 3.63) is 45.4 Å². The summed E-state index contributed by atoms with van der Waals surface area (Å²) in [5.41, 5.74) is 5.84. The van der Waals surface area contributed by atoms with E-state index < -0.39 is 35.9 Å². The number of ether oxygens (including phenoxy) is 2. The Kier molecular flexibility index (Phi) is 11.0. The van der Waals surface area contributed by atoms with Gasteiger partial charge in [0.05, 0.1) is 40.6 Å². The maximum absolute atomic E-state index is 15.1. The van der Waals surface area contributed by atoms with Crippen molar-refractivity contribution in [2.24, 2.45) is 5.73 Å². The minimum atomic E-state index is -0.917. The topological polar surface area (TPSA) is 140 Å². The molecule has 2 aliphatic rings. The van der Waals surface area contributed by atoms with Gasteiger partial charge in [-0.15, -0.1) is 11.3 Å². The van der Waals surface area contributed by atoms with Crippen LogP contribution >= 0.6 is 34.7 Å². The van der Waals surface area contributed by atoms with Crippen molar-refractivity contribution in [2.45, 2.75) is 38.3 Å². The number of nitrogens with zero attached hydrogens (tertiary/aromatic N) is 3. The maximum atomic E-state index is 15.1. The molecule has 0 saturated carbocycles. The van der Waals surface area contributed by atoms with Gasteiger partial charge in [0.15, 0.2) is 0 Å². The number of anilines is 2. The summed E-state index contributed by atoms with van der Waals surface area (Å²) in [6, 6.07) is 6.56. The fourth-order valence-corrected chi connectivity index (χ4v) is 6.17. The number of morpholine rings is 1. The minimum absolute atomic E-state index is 0.0263. The molecular formula is C27H30ClFN4O7S2. The molecule has 2 N–H and O–H groups in total. The molecule has 2 aliphatic heterocycles. The van der Waals surface area contributed by atoms with E-state index in [1.54, 1.807) is 13.0 Å². The molecule has 4 amide bonds. The van der Waals surface area contributed by atoms with Crippen molar-refractivity contribution in [2.75, 3.05) is 48.4 Å². The van der Waals surface area contributed by atoms with Crippen LogP contribution in [0.2, 0.25) is 4.34 Å². The molecular weight excluding hydrogens is 611 g/mol. The number of cyclic esters (lactones) is 1. The smallest absolute Gasteiger partial charge is 0.414 e. The SMILES string of the molecule is CC(N)C(=O)SCCCCC(=O)N(CC1CN(c2ccc(N3CCOCC3=O)cc2F)C(=O)O1)C(=O)c1ccc(Cl)s1. The Bertz CT molecular complexity index is 1360. The van der Waals surface area contributed by atoms with E-state index in [0.29, 0.717) is 35.2 Å². The van der Waals surface area contributed by atoms with E-state index in [2.05, 4.69) is 0 Å². The van der Waals surface area contributed by atoms with Gasteiger partial charge in [-0.1, -0.05) is 23.4 Å². The zero-order valence-electron chi connectivity index (χ0n) is 22.8. The maximum Gasteiger partial charge on any atom is 0.414 e. The molecule has 4 rings (SSSR count). The van der Waals surface area contributed by atoms with Crippen LogP contribution in [0.1, 0.15) is 35.9 Å². The first-order valence-corrected chi connectivity index (χ1v) is 15.4. The Hall–Kier alpha value is -3.04. The Balaban J connectivity index is 1.42. The molecule has 0 aliphatic carbocycles. The number of thiophene rings is 1. The standard InChI is InChI=1S/C27H30ClFN4O7S2/c1-16(30)26(37)41-11-3-2-4-23(34)33(25(36)21-7-8-22(28)42-21)14-18-13-32(27(38)40-18)20-6-5-17(12-19(20)29)31-9-10-39-15-24(31)35/h5-8,12,16,18H,2-4,9-11,13-15,30H2,1H3. The van der Waals surface area contributed by atoms with Crippen molar-refractivity contribution in [1.82, 2.24) is 4.90 Å². The van der Waals surface area contributed by atoms with Gasteiger partial charge in [0.1, 0.15) is 18.5 Å². The zero-order valence-corrected chi connectivity index (χ0v) is 25.1. The van der Waals surface area contributed by atoms with Crippen molar-refractivity contribution in [3.63, 3.8) is 0 Å². The van der Waals surface area contributed by atoms with Crippen LogP contribution in [0, 0.1) is 5.82 Å². The van der Waals surface area contributed by atoms with E-state index in [1.807, 2.05) is 0 Å². The second-order valence-electron chi connectivity index (χ2n) is 9.68. The molecule has 15 heteroatoms. The second-order valence-corrected chi connectivity index (χ2v) is 12.5. The molecule has 2 saturated heterocycles. The number of benzene rings is 1. The van der Waals surface area contributed by atoms with E-state index >= 15 is 4.39 Å². The zero-order chi connectivity index (χ0) is 30.4. The van der Waals surface area contributed by atoms with Crippen LogP contribution in [0.4, 0.5) is 20.6 Å². The van der Waals surface area contributed by atoms with Gasteiger partial charge in [-0.25, -0.2) is 9.18 Å². The van der Waals surface area contributed by atoms with Gasteiger partial charge in [0.2, 0.25) is 11.0 Å². The van der Waals surface area contributed by atoms with E-state index in [4.69, 9.17) is 26.8 Å². The second kappa shape index (κ2) is 14.4. The molecule has 3 heterocycles. The van der Waals surface area contributed by atoms with Crippen LogP contribution in [-0.2, 0) is 23.9 Å². The van der Waals surface area contributed by atoms with Crippen LogP contribution in [0.3, 0.4) is 0 Å². The van der Waals surface area contributed by atoms with Gasteiger partial charge in [0.25, 0.3) is 11.8 Å². The summed E-state index contributed by atoms with van der Waals surface area (Å²) in [5, 5.41) is -0.138. The third kappa shape index (κ3) is 7.86. The van der Waals surface area contributed by atoms with Gasteiger partial charge >= 0.3 is 6.09 Å². The van der Waals surface area contributed by atoms with Gasteiger partial charge in [-0.3, -0.25) is 29.0 Å². The minimum Gasteiger partial charge on any atom is -0.442 e. The fourth-order valence-electron chi connectivity index (χ4n) is 4.37. The van der Waals surface area contributed by atoms with Crippen molar-refractivity contribution in [3.8, 4) is 0 Å². The van der Waals surface area contributed by atoms with Crippen molar-refractivity contribution < 1.29 is 37.8 Å². The number of amides is 4. The number of nitrogens with two attached hydrogens (primary N) is 1. The third-order valence-corrected chi connectivity index (χ3v) is 8.88. The highest BCUT2D eigenvalue weighted by Gasteiger charge is 2.38. The number of hydrogen-bond donors (Lipinski definition) is 1. The molecule has 0 radical (unpaired) electrons. The highest BCUT2D eigenvalue weighted by Crippen LogP contribution is 2.30. The molecule has 1 aromatic heterocycles. The van der Waals surface area contributed by atoms with Crippen molar-refractivity contribution in [1.29, 1.82) is 0 Å². The summed E-state index contributed by atoms with van der Waals surface area (Å²) in [6.45, 7) is 1.77. The molecule has 11 nitrogen and oxygen atoms in total. The average molecular weight is 641 g/mol. The average Bonchev–Trinajstić information content (AvgIpc) is 3.55. The third-order valence-electron chi connectivity index (χ3n) is 6.51. The largest absolute Gasteiger partial charge is 0.442 e. The van der Waals surface area contributed by atoms with Gasteiger partial charge in [-0.2, -0.15) is 0 Å². The number of carbonyl (C=O) groups is 5. The first kappa shape index (κ1) is 31.9. The van der Waals surface area contributed by atoms with Gasteiger partial charge in [0, 0.05) is 24.4 Å². The normalized spacial score (nSPS) is 17.8. The lowest BCUT2D eigenvalue weighted by molar-refractivity contribution is -0.129. The Morgan fingerprint density at radius 1 is 1.21 bits per heavy atom. The number of hydrogen-bond acceptors (Lipinski definition) is 10. The highest BCUT2D eigenvalue weighted by atomic mass is 35.5. The first-order valence-electron chi connectivity index (χ1n) is 13.2. The molecule has 2 aromatic rings. The summed E-state index contributed by atoms with van der Waals surface area (Å²) in [6.07, 6.45) is -0.742. The highest BCUT2D eigenvalue weighted by molar-refractivity contribution is 8.13. The predicted molar refractivity (Wildman–Crippen MR) is 158 cm³/mol. The van der Waals surface area contributed by atoms with E-state index in [-0.39, 0.29) is 54.2 Å². The molecule has 0 spiro atoms. The Morgan fingerprint density at radius 3 is 2.67 bits per heavy atom. The molecule has 2 fully saturated rings. The molecule has 2 atom stereocenters. The molecule has 2 unspecified atom stereocenters. The number of carbonyl (C=O) groups excluding carboxylic acids is 5. The van der Waals surface area contributed by atoms with Crippen LogP contribution < -0.4 is 15.5 Å². The van der Waals surface area contributed by atoms with Crippen molar-refractivity contribution >= 4 is 75.0 Å².